The average Bonchev–Trinajstić information content (AvgIpc) is 2.61. The van der Waals surface area contributed by atoms with Crippen LogP contribution in [-0.2, 0) is 6.54 Å². The fourth-order valence-electron chi connectivity index (χ4n) is 2.52. The number of anilines is 1. The van der Waals surface area contributed by atoms with E-state index < -0.39 is 0 Å². The first-order valence-electron chi connectivity index (χ1n) is 7.57. The molecule has 0 fully saturated rings. The second kappa shape index (κ2) is 7.07. The zero-order valence-corrected chi connectivity index (χ0v) is 14.0. The normalized spacial score (nSPS) is 10.2. The molecule has 5 heteroatoms. The molecule has 0 saturated carbocycles. The van der Waals surface area contributed by atoms with E-state index in [9.17, 15) is 5.26 Å². The van der Waals surface area contributed by atoms with Crippen LogP contribution in [0.5, 0.6) is 0 Å². The van der Waals surface area contributed by atoms with Crippen LogP contribution >= 0.6 is 12.2 Å². The Balaban J connectivity index is 2.01. The second-order valence-corrected chi connectivity index (χ2v) is 5.70. The molecule has 0 unspecified atom stereocenters. The molecule has 0 saturated heterocycles. The quantitative estimate of drug-likeness (QED) is 0.720. The number of benzene rings is 2. The molecule has 0 aliphatic carbocycles. The predicted octanol–water partition coefficient (Wildman–Crippen LogP) is 4.39. The monoisotopic (exact) mass is 332 g/mol. The van der Waals surface area contributed by atoms with Crippen molar-refractivity contribution < 1.29 is 0 Å². The van der Waals surface area contributed by atoms with Crippen LogP contribution in [0.15, 0.2) is 60.7 Å². The van der Waals surface area contributed by atoms with Gasteiger partial charge in [-0.15, -0.1) is 0 Å². The molecule has 24 heavy (non-hydrogen) atoms. The summed E-state index contributed by atoms with van der Waals surface area (Å²) in [5, 5.41) is 12.8. The van der Waals surface area contributed by atoms with Crippen LogP contribution in [0.1, 0.15) is 17.0 Å². The van der Waals surface area contributed by atoms with E-state index in [1.165, 1.54) is 0 Å². The summed E-state index contributed by atoms with van der Waals surface area (Å²) in [6.45, 7) is 2.48. The first-order valence-corrected chi connectivity index (χ1v) is 7.98. The van der Waals surface area contributed by atoms with Gasteiger partial charge in [-0.25, -0.2) is 4.98 Å². The van der Waals surface area contributed by atoms with Gasteiger partial charge in [0, 0.05) is 12.2 Å². The van der Waals surface area contributed by atoms with Crippen molar-refractivity contribution in [1.29, 1.82) is 5.26 Å². The van der Waals surface area contributed by atoms with E-state index in [0.29, 0.717) is 22.6 Å². The smallest absolute Gasteiger partial charge is 0.149 e. The zero-order chi connectivity index (χ0) is 16.9. The van der Waals surface area contributed by atoms with Gasteiger partial charge in [0.1, 0.15) is 27.9 Å². The third-order valence-electron chi connectivity index (χ3n) is 3.68. The number of nitriles is 1. The molecule has 2 aromatic carbocycles. The molecule has 0 aliphatic rings. The minimum atomic E-state index is 0.385. The maximum Gasteiger partial charge on any atom is 0.149 e. The summed E-state index contributed by atoms with van der Waals surface area (Å²) < 4.78 is 2.29. The van der Waals surface area contributed by atoms with Gasteiger partial charge in [-0.2, -0.15) is 5.26 Å². The highest BCUT2D eigenvalue weighted by Crippen LogP contribution is 2.20. The van der Waals surface area contributed by atoms with Crippen molar-refractivity contribution in [3.8, 4) is 11.8 Å². The van der Waals surface area contributed by atoms with Gasteiger partial charge in [0.25, 0.3) is 0 Å². The molecule has 0 amide bonds. The second-order valence-electron chi connectivity index (χ2n) is 5.31. The minimum absolute atomic E-state index is 0.385. The number of nitrogens with one attached hydrogen (secondary N) is 1. The molecule has 1 N–H and O–H groups in total. The zero-order valence-electron chi connectivity index (χ0n) is 13.2. The van der Waals surface area contributed by atoms with Crippen molar-refractivity contribution in [1.82, 2.24) is 9.55 Å². The van der Waals surface area contributed by atoms with E-state index in [1.54, 1.807) is 0 Å². The molecule has 0 spiro atoms. The van der Waals surface area contributed by atoms with E-state index in [4.69, 9.17) is 12.2 Å². The summed E-state index contributed by atoms with van der Waals surface area (Å²) in [6, 6.07) is 21.9. The number of rotatable bonds is 4. The molecule has 3 aromatic rings. The molecule has 4 nitrogen and oxygen atoms in total. The molecule has 118 valence electrons. The van der Waals surface area contributed by atoms with Crippen LogP contribution in [0.4, 0.5) is 5.82 Å². The third-order valence-corrected chi connectivity index (χ3v) is 4.07. The lowest BCUT2D eigenvalue weighted by atomic mass is 10.2. The van der Waals surface area contributed by atoms with Crippen molar-refractivity contribution in [3.63, 3.8) is 0 Å². The van der Waals surface area contributed by atoms with E-state index in [2.05, 4.69) is 16.4 Å². The number of hydrogen-bond donors (Lipinski definition) is 1. The summed E-state index contributed by atoms with van der Waals surface area (Å²) in [4.78, 5) is 4.56. The van der Waals surface area contributed by atoms with E-state index in [-0.39, 0.29) is 0 Å². The lowest BCUT2D eigenvalue weighted by molar-refractivity contribution is 0.884. The molecular weight excluding hydrogens is 316 g/mol. The molecular formula is C19H16N4S. The number of aryl methyl sites for hydroxylation is 1. The van der Waals surface area contributed by atoms with Gasteiger partial charge in [-0.05, 0) is 24.6 Å². The summed E-state index contributed by atoms with van der Waals surface area (Å²) in [6.07, 6.45) is 0. The molecule has 1 heterocycles. The van der Waals surface area contributed by atoms with Crippen LogP contribution < -0.4 is 5.32 Å². The summed E-state index contributed by atoms with van der Waals surface area (Å²) in [5.41, 5.74) is 2.40. The number of nitrogens with zero attached hydrogens (tertiary/aromatic N) is 3. The Morgan fingerprint density at radius 2 is 1.71 bits per heavy atom. The lowest BCUT2D eigenvalue weighted by Gasteiger charge is -2.15. The average molecular weight is 332 g/mol. The minimum Gasteiger partial charge on any atom is -0.365 e. The maximum absolute atomic E-state index is 9.55. The van der Waals surface area contributed by atoms with Gasteiger partial charge in [-0.1, -0.05) is 60.7 Å². The first kappa shape index (κ1) is 15.9. The van der Waals surface area contributed by atoms with Gasteiger partial charge < -0.3 is 5.32 Å². The van der Waals surface area contributed by atoms with Gasteiger partial charge in [0.2, 0.25) is 0 Å². The standard InChI is InChI=1S/C19H16N4S/c1-14-22-18(21-13-15-8-4-2-5-9-15)17(12-20)19(24)23(14)16-10-6-3-7-11-16/h2-11,21H,13H2,1H3. The highest BCUT2D eigenvalue weighted by atomic mass is 32.1. The highest BCUT2D eigenvalue weighted by molar-refractivity contribution is 7.71. The highest BCUT2D eigenvalue weighted by Gasteiger charge is 2.12. The van der Waals surface area contributed by atoms with Crippen LogP contribution in [0.2, 0.25) is 0 Å². The Bertz CT molecular complexity index is 941. The fraction of sp³-hybridized carbons (Fsp3) is 0.105. The SMILES string of the molecule is Cc1nc(NCc2ccccc2)c(C#N)c(=S)n1-c1ccccc1. The van der Waals surface area contributed by atoms with Gasteiger partial charge in [0.05, 0.1) is 0 Å². The lowest BCUT2D eigenvalue weighted by Crippen LogP contribution is -2.11. The summed E-state index contributed by atoms with van der Waals surface area (Å²) in [5.74, 6) is 1.26. The molecule has 0 aliphatic heterocycles. The van der Waals surface area contributed by atoms with E-state index in [1.807, 2.05) is 72.2 Å². The van der Waals surface area contributed by atoms with Crippen LogP contribution in [0.25, 0.3) is 5.69 Å². The number of hydrogen-bond acceptors (Lipinski definition) is 4. The first-order chi connectivity index (χ1) is 11.7. The van der Waals surface area contributed by atoms with Gasteiger partial charge in [-0.3, -0.25) is 4.57 Å². The van der Waals surface area contributed by atoms with E-state index in [0.717, 1.165) is 17.1 Å². The fourth-order valence-corrected chi connectivity index (χ4v) is 2.90. The topological polar surface area (TPSA) is 53.6 Å². The van der Waals surface area contributed by atoms with Crippen molar-refractivity contribution in [3.05, 3.63) is 82.3 Å². The van der Waals surface area contributed by atoms with Gasteiger partial charge >= 0.3 is 0 Å². The van der Waals surface area contributed by atoms with Crippen LogP contribution in [0.3, 0.4) is 0 Å². The van der Waals surface area contributed by atoms with Crippen LogP contribution in [-0.4, -0.2) is 9.55 Å². The van der Waals surface area contributed by atoms with Crippen molar-refractivity contribution in [2.75, 3.05) is 5.32 Å². The van der Waals surface area contributed by atoms with E-state index >= 15 is 0 Å². The molecule has 0 atom stereocenters. The molecule has 1 aromatic heterocycles. The Hall–Kier alpha value is -2.97. The van der Waals surface area contributed by atoms with Crippen molar-refractivity contribution in [2.24, 2.45) is 0 Å². The molecule has 0 bridgehead atoms. The van der Waals surface area contributed by atoms with Gasteiger partial charge in [0.15, 0.2) is 0 Å². The number of para-hydroxylation sites is 1. The largest absolute Gasteiger partial charge is 0.365 e. The Morgan fingerprint density at radius 3 is 2.33 bits per heavy atom. The number of aromatic nitrogens is 2. The molecule has 0 radical (unpaired) electrons. The predicted molar refractivity (Wildman–Crippen MR) is 97.6 cm³/mol. The molecule has 3 rings (SSSR count). The Labute approximate surface area is 146 Å². The maximum atomic E-state index is 9.55. The third kappa shape index (κ3) is 3.19. The Morgan fingerprint density at radius 1 is 1.08 bits per heavy atom. The summed E-state index contributed by atoms with van der Waals surface area (Å²) in [7, 11) is 0. The Kier molecular flexibility index (Phi) is 4.69. The van der Waals surface area contributed by atoms with Crippen molar-refractivity contribution >= 4 is 18.0 Å². The summed E-state index contributed by atoms with van der Waals surface area (Å²) >= 11 is 5.54. The van der Waals surface area contributed by atoms with Crippen LogP contribution in [0, 0.1) is 22.9 Å². The van der Waals surface area contributed by atoms with Crippen molar-refractivity contribution in [2.45, 2.75) is 13.5 Å².